The van der Waals surface area contributed by atoms with Gasteiger partial charge in [0.1, 0.15) is 6.20 Å². The Labute approximate surface area is 234 Å². The highest BCUT2D eigenvalue weighted by Gasteiger charge is 2.23. The van der Waals surface area contributed by atoms with Gasteiger partial charge in [0.2, 0.25) is 17.7 Å². The maximum absolute atomic E-state index is 11.6. The summed E-state index contributed by atoms with van der Waals surface area (Å²) >= 11 is 0. The van der Waals surface area contributed by atoms with E-state index in [1.807, 2.05) is 30.3 Å². The van der Waals surface area contributed by atoms with E-state index in [-0.39, 0.29) is 24.0 Å². The molecule has 0 bridgehead atoms. The molecule has 1 aromatic heterocycles. The molecular formula is C29H38N8O3. The standard InChI is InChI=1S/C29H38N8O3/c1-19-24(6-3-7-25(19)23-5-2-4-22(12-23)16-32-27(38)14-31)17-34-29-35-18-26(37(39)40)28(36-29)33-15-21-10-8-20(13-30)9-11-21/h2-7,12,18,20-21H,8-11,13-17,30-31H2,1H3,(H,32,38)(H2,33,34,35,36)/t20-,21-. The fraction of sp³-hybridized carbons (Fsp3) is 0.414. The number of nitrogens with zero attached hydrogens (tertiary/aromatic N) is 3. The number of carbonyl (C=O) groups is 1. The van der Waals surface area contributed by atoms with Gasteiger partial charge in [-0.2, -0.15) is 4.98 Å². The number of hydrogen-bond acceptors (Lipinski definition) is 9. The minimum Gasteiger partial charge on any atom is -0.364 e. The summed E-state index contributed by atoms with van der Waals surface area (Å²) in [7, 11) is 0. The molecule has 1 aliphatic carbocycles. The van der Waals surface area contributed by atoms with Crippen molar-refractivity contribution in [1.29, 1.82) is 0 Å². The lowest BCUT2D eigenvalue weighted by atomic mass is 9.82. The zero-order valence-electron chi connectivity index (χ0n) is 22.9. The summed E-state index contributed by atoms with van der Waals surface area (Å²) in [6.45, 7) is 4.22. The summed E-state index contributed by atoms with van der Waals surface area (Å²) in [5.41, 5.74) is 16.3. The number of nitrogens with one attached hydrogen (secondary N) is 3. The lowest BCUT2D eigenvalue weighted by Gasteiger charge is -2.27. The highest BCUT2D eigenvalue weighted by Crippen LogP contribution is 2.30. The molecule has 1 saturated carbocycles. The van der Waals surface area contributed by atoms with Crippen LogP contribution in [-0.2, 0) is 17.9 Å². The van der Waals surface area contributed by atoms with Gasteiger partial charge in [0.15, 0.2) is 0 Å². The van der Waals surface area contributed by atoms with E-state index in [4.69, 9.17) is 11.5 Å². The van der Waals surface area contributed by atoms with Crippen molar-refractivity contribution < 1.29 is 9.72 Å². The Hall–Kier alpha value is -4.09. The van der Waals surface area contributed by atoms with Crippen molar-refractivity contribution in [2.75, 3.05) is 30.3 Å². The predicted molar refractivity (Wildman–Crippen MR) is 157 cm³/mol. The first-order chi connectivity index (χ1) is 19.4. The SMILES string of the molecule is Cc1c(CNc2ncc([N+](=O)[O-])c(NC[C@H]3CC[C@H](CN)CC3)n2)cccc1-c1cccc(CNC(=O)CN)c1. The van der Waals surface area contributed by atoms with E-state index in [1.54, 1.807) is 0 Å². The van der Waals surface area contributed by atoms with E-state index < -0.39 is 4.92 Å². The van der Waals surface area contributed by atoms with Crippen LogP contribution in [0.5, 0.6) is 0 Å². The van der Waals surface area contributed by atoms with E-state index in [1.165, 1.54) is 6.20 Å². The minimum absolute atomic E-state index is 0.0417. The summed E-state index contributed by atoms with van der Waals surface area (Å²) < 4.78 is 0. The Morgan fingerprint density at radius 1 is 1.05 bits per heavy atom. The van der Waals surface area contributed by atoms with Gasteiger partial charge in [0, 0.05) is 19.6 Å². The van der Waals surface area contributed by atoms with Crippen molar-refractivity contribution in [2.45, 2.75) is 45.7 Å². The van der Waals surface area contributed by atoms with Crippen LogP contribution in [0.4, 0.5) is 17.5 Å². The summed E-state index contributed by atoms with van der Waals surface area (Å²) in [4.78, 5) is 31.3. The van der Waals surface area contributed by atoms with Crippen LogP contribution in [0.1, 0.15) is 42.4 Å². The fourth-order valence-corrected chi connectivity index (χ4v) is 5.12. The number of amides is 1. The lowest BCUT2D eigenvalue weighted by Crippen LogP contribution is -2.29. The van der Waals surface area contributed by atoms with Gasteiger partial charge in [0.25, 0.3) is 0 Å². The second-order valence-corrected chi connectivity index (χ2v) is 10.3. The van der Waals surface area contributed by atoms with Crippen molar-refractivity contribution in [3.05, 3.63) is 75.5 Å². The molecule has 0 saturated heterocycles. The van der Waals surface area contributed by atoms with Crippen molar-refractivity contribution >= 4 is 23.4 Å². The van der Waals surface area contributed by atoms with E-state index >= 15 is 0 Å². The fourth-order valence-electron chi connectivity index (χ4n) is 5.12. The molecule has 1 fully saturated rings. The van der Waals surface area contributed by atoms with Crippen molar-refractivity contribution in [3.8, 4) is 11.1 Å². The normalized spacial score (nSPS) is 16.8. The molecule has 0 atom stereocenters. The van der Waals surface area contributed by atoms with E-state index in [9.17, 15) is 14.9 Å². The minimum atomic E-state index is -0.458. The molecule has 2 aromatic carbocycles. The van der Waals surface area contributed by atoms with Crippen molar-refractivity contribution in [1.82, 2.24) is 15.3 Å². The molecule has 40 heavy (non-hydrogen) atoms. The molecule has 0 aliphatic heterocycles. The maximum Gasteiger partial charge on any atom is 0.329 e. The summed E-state index contributed by atoms with van der Waals surface area (Å²) in [6, 6.07) is 14.1. The quantitative estimate of drug-likeness (QED) is 0.167. The third kappa shape index (κ3) is 7.51. The molecule has 1 aliphatic rings. The van der Waals surface area contributed by atoms with Gasteiger partial charge in [-0.1, -0.05) is 36.4 Å². The number of aromatic nitrogens is 2. The average Bonchev–Trinajstić information content (AvgIpc) is 2.98. The molecule has 1 amide bonds. The Morgan fingerprint density at radius 3 is 2.52 bits per heavy atom. The van der Waals surface area contributed by atoms with Gasteiger partial charge in [-0.15, -0.1) is 0 Å². The third-order valence-corrected chi connectivity index (χ3v) is 7.62. The number of hydrogen-bond donors (Lipinski definition) is 5. The Kier molecular flexibility index (Phi) is 9.98. The van der Waals surface area contributed by atoms with Gasteiger partial charge in [-0.25, -0.2) is 4.98 Å². The zero-order chi connectivity index (χ0) is 28.5. The van der Waals surface area contributed by atoms with E-state index in [0.717, 1.165) is 60.0 Å². The van der Waals surface area contributed by atoms with Crippen LogP contribution in [0.15, 0.2) is 48.7 Å². The van der Waals surface area contributed by atoms with E-state index in [2.05, 4.69) is 45.0 Å². The van der Waals surface area contributed by atoms with Gasteiger partial charge in [-0.3, -0.25) is 14.9 Å². The number of anilines is 2. The summed E-state index contributed by atoms with van der Waals surface area (Å²) in [6.07, 6.45) is 5.55. The van der Waals surface area contributed by atoms with Crippen molar-refractivity contribution in [3.63, 3.8) is 0 Å². The van der Waals surface area contributed by atoms with Crippen LogP contribution in [0, 0.1) is 28.9 Å². The molecule has 7 N–H and O–H groups in total. The molecule has 0 unspecified atom stereocenters. The Balaban J connectivity index is 1.44. The molecule has 11 nitrogen and oxygen atoms in total. The van der Waals surface area contributed by atoms with Crippen LogP contribution in [-0.4, -0.2) is 40.4 Å². The maximum atomic E-state index is 11.6. The first-order valence-electron chi connectivity index (χ1n) is 13.7. The summed E-state index contributed by atoms with van der Waals surface area (Å²) in [5.74, 6) is 1.37. The van der Waals surface area contributed by atoms with Crippen LogP contribution in [0.3, 0.4) is 0 Å². The predicted octanol–water partition coefficient (Wildman–Crippen LogP) is 3.72. The van der Waals surface area contributed by atoms with Crippen LogP contribution < -0.4 is 27.4 Å². The first kappa shape index (κ1) is 28.9. The van der Waals surface area contributed by atoms with Crippen molar-refractivity contribution in [2.24, 2.45) is 23.3 Å². The largest absolute Gasteiger partial charge is 0.364 e. The highest BCUT2D eigenvalue weighted by atomic mass is 16.6. The topological polar surface area (TPSA) is 174 Å². The number of benzene rings is 2. The van der Waals surface area contributed by atoms with E-state index in [0.29, 0.717) is 37.4 Å². The van der Waals surface area contributed by atoms with Gasteiger partial charge >= 0.3 is 5.69 Å². The van der Waals surface area contributed by atoms with Gasteiger partial charge < -0.3 is 27.4 Å². The molecule has 0 spiro atoms. The number of rotatable bonds is 12. The molecule has 0 radical (unpaired) electrons. The smallest absolute Gasteiger partial charge is 0.329 e. The summed E-state index contributed by atoms with van der Waals surface area (Å²) in [5, 5.41) is 20.8. The average molecular weight is 547 g/mol. The van der Waals surface area contributed by atoms with Crippen LogP contribution >= 0.6 is 0 Å². The van der Waals surface area contributed by atoms with Crippen LogP contribution in [0.25, 0.3) is 11.1 Å². The van der Waals surface area contributed by atoms with Crippen LogP contribution in [0.2, 0.25) is 0 Å². The number of nitro groups is 1. The monoisotopic (exact) mass is 546 g/mol. The van der Waals surface area contributed by atoms with Gasteiger partial charge in [0.05, 0.1) is 11.5 Å². The molecule has 1 heterocycles. The molecule has 4 rings (SSSR count). The molecular weight excluding hydrogens is 508 g/mol. The number of nitrogens with two attached hydrogens (primary N) is 2. The van der Waals surface area contributed by atoms with Gasteiger partial charge in [-0.05, 0) is 84.9 Å². The molecule has 3 aromatic rings. The Morgan fingerprint density at radius 2 is 1.80 bits per heavy atom. The third-order valence-electron chi connectivity index (χ3n) is 7.62. The molecule has 11 heteroatoms. The second-order valence-electron chi connectivity index (χ2n) is 10.3. The highest BCUT2D eigenvalue weighted by molar-refractivity contribution is 5.77. The number of carbonyl (C=O) groups excluding carboxylic acids is 1. The Bertz CT molecular complexity index is 1320. The second kappa shape index (κ2) is 13.8. The zero-order valence-corrected chi connectivity index (χ0v) is 22.9. The first-order valence-corrected chi connectivity index (χ1v) is 13.7. The lowest BCUT2D eigenvalue weighted by molar-refractivity contribution is -0.384. The molecule has 212 valence electrons.